The van der Waals surface area contributed by atoms with Gasteiger partial charge in [-0.05, 0) is 26.3 Å². The zero-order valence-electron chi connectivity index (χ0n) is 14.0. The van der Waals surface area contributed by atoms with Crippen LogP contribution in [0.5, 0.6) is 0 Å². The fraction of sp³-hybridized carbons (Fsp3) is 0.667. The van der Waals surface area contributed by atoms with Crippen LogP contribution in [-0.2, 0) is 16.6 Å². The molecule has 3 N–H and O–H groups in total. The van der Waals surface area contributed by atoms with Gasteiger partial charge in [0.25, 0.3) is 0 Å². The first-order chi connectivity index (χ1) is 10.3. The number of carbonyl (C=O) groups excluding carboxylic acids is 2. The van der Waals surface area contributed by atoms with Crippen LogP contribution in [0, 0.1) is 5.92 Å². The van der Waals surface area contributed by atoms with Gasteiger partial charge in [0.15, 0.2) is 0 Å². The Kier molecular flexibility index (Phi) is 6.58. The van der Waals surface area contributed by atoms with Crippen molar-refractivity contribution in [3.63, 3.8) is 0 Å². The number of halogens is 1. The Labute approximate surface area is 143 Å². The molecule has 1 fully saturated rings. The molecule has 2 atom stereocenters. The van der Waals surface area contributed by atoms with Crippen molar-refractivity contribution in [1.82, 2.24) is 25.7 Å². The highest BCUT2D eigenvalue weighted by atomic mass is 35.5. The van der Waals surface area contributed by atoms with Crippen LogP contribution in [0.4, 0.5) is 0 Å². The summed E-state index contributed by atoms with van der Waals surface area (Å²) in [5.74, 6) is -0.348. The molecule has 130 valence electrons. The van der Waals surface area contributed by atoms with Gasteiger partial charge in [0.2, 0.25) is 11.8 Å². The van der Waals surface area contributed by atoms with E-state index in [-0.39, 0.29) is 48.1 Å². The standard InChI is InChI=1S/C15H25N5O2.ClH/c1-15(2,3)19-13(21)8-17-14(22)12-7-16-6-11(12)10-5-18-20(4)9-10;/h5,9,11-12,16H,6-8H2,1-4H3,(H,17,22)(H,19,21);1H/t11-,12+;/m1./s1. The Bertz CT molecular complexity index is 552. The molecular weight excluding hydrogens is 318 g/mol. The molecule has 2 rings (SSSR count). The molecule has 23 heavy (non-hydrogen) atoms. The Morgan fingerprint density at radius 2 is 2.09 bits per heavy atom. The van der Waals surface area contributed by atoms with E-state index in [9.17, 15) is 9.59 Å². The van der Waals surface area contributed by atoms with Gasteiger partial charge in [-0.15, -0.1) is 12.4 Å². The first-order valence-electron chi connectivity index (χ1n) is 7.54. The first kappa shape index (κ1) is 19.4. The van der Waals surface area contributed by atoms with E-state index >= 15 is 0 Å². The van der Waals surface area contributed by atoms with Gasteiger partial charge < -0.3 is 16.0 Å². The Morgan fingerprint density at radius 1 is 1.39 bits per heavy atom. The molecule has 0 radical (unpaired) electrons. The number of rotatable bonds is 4. The summed E-state index contributed by atoms with van der Waals surface area (Å²) in [6.07, 6.45) is 3.73. The predicted molar refractivity (Wildman–Crippen MR) is 90.5 cm³/mol. The fourth-order valence-corrected chi connectivity index (χ4v) is 2.70. The maximum absolute atomic E-state index is 12.3. The minimum Gasteiger partial charge on any atom is -0.350 e. The summed E-state index contributed by atoms with van der Waals surface area (Å²) < 4.78 is 1.74. The minimum atomic E-state index is -0.297. The maximum Gasteiger partial charge on any atom is 0.239 e. The summed E-state index contributed by atoms with van der Waals surface area (Å²) in [5, 5.41) is 13.0. The van der Waals surface area contributed by atoms with Crippen molar-refractivity contribution in [1.29, 1.82) is 0 Å². The minimum absolute atomic E-state index is 0. The van der Waals surface area contributed by atoms with Gasteiger partial charge in [-0.25, -0.2) is 0 Å². The van der Waals surface area contributed by atoms with E-state index in [1.807, 2.05) is 34.0 Å². The van der Waals surface area contributed by atoms with E-state index in [1.165, 1.54) is 0 Å². The zero-order chi connectivity index (χ0) is 16.3. The number of nitrogens with zero attached hydrogens (tertiary/aromatic N) is 2. The Hall–Kier alpha value is -1.60. The lowest BCUT2D eigenvalue weighted by molar-refractivity contribution is -0.129. The lowest BCUT2D eigenvalue weighted by Gasteiger charge is -2.21. The van der Waals surface area contributed by atoms with Crippen LogP contribution in [0.25, 0.3) is 0 Å². The van der Waals surface area contributed by atoms with Gasteiger partial charge in [0.05, 0.1) is 18.7 Å². The van der Waals surface area contributed by atoms with Crippen LogP contribution in [0.2, 0.25) is 0 Å². The van der Waals surface area contributed by atoms with Crippen molar-refractivity contribution < 1.29 is 9.59 Å². The molecule has 1 aliphatic rings. The summed E-state index contributed by atoms with van der Waals surface area (Å²) >= 11 is 0. The van der Waals surface area contributed by atoms with E-state index in [0.29, 0.717) is 6.54 Å². The molecule has 0 aliphatic carbocycles. The smallest absolute Gasteiger partial charge is 0.239 e. The Balaban J connectivity index is 0.00000264. The molecule has 0 spiro atoms. The largest absolute Gasteiger partial charge is 0.350 e. The van der Waals surface area contributed by atoms with Gasteiger partial charge in [0.1, 0.15) is 0 Å². The number of nitrogens with one attached hydrogen (secondary N) is 3. The van der Waals surface area contributed by atoms with Crippen molar-refractivity contribution in [3.05, 3.63) is 18.0 Å². The summed E-state index contributed by atoms with van der Waals surface area (Å²) in [6, 6.07) is 0. The van der Waals surface area contributed by atoms with Crippen LogP contribution in [0.15, 0.2) is 12.4 Å². The number of carbonyl (C=O) groups is 2. The third kappa shape index (κ3) is 5.51. The predicted octanol–water partition coefficient (Wildman–Crippen LogP) is 0.176. The first-order valence-corrected chi connectivity index (χ1v) is 7.54. The molecule has 0 bridgehead atoms. The average molecular weight is 344 g/mol. The molecule has 7 nitrogen and oxygen atoms in total. The highest BCUT2D eigenvalue weighted by molar-refractivity contribution is 5.87. The average Bonchev–Trinajstić information content (AvgIpc) is 3.01. The molecular formula is C15H26ClN5O2. The van der Waals surface area contributed by atoms with Crippen LogP contribution in [-0.4, -0.2) is 46.8 Å². The maximum atomic E-state index is 12.3. The lowest BCUT2D eigenvalue weighted by Crippen LogP contribution is -2.47. The summed E-state index contributed by atoms with van der Waals surface area (Å²) in [7, 11) is 1.86. The summed E-state index contributed by atoms with van der Waals surface area (Å²) in [5.41, 5.74) is 0.751. The third-order valence-electron chi connectivity index (χ3n) is 3.64. The van der Waals surface area contributed by atoms with Crippen LogP contribution >= 0.6 is 12.4 Å². The number of aryl methyl sites for hydroxylation is 1. The quantitative estimate of drug-likeness (QED) is 0.727. The van der Waals surface area contributed by atoms with Crippen LogP contribution in [0.1, 0.15) is 32.3 Å². The van der Waals surface area contributed by atoms with E-state index in [2.05, 4.69) is 21.0 Å². The Morgan fingerprint density at radius 3 is 2.65 bits per heavy atom. The molecule has 1 aromatic rings. The topological polar surface area (TPSA) is 88.0 Å². The lowest BCUT2D eigenvalue weighted by atomic mass is 9.90. The van der Waals surface area contributed by atoms with E-state index in [0.717, 1.165) is 12.1 Å². The van der Waals surface area contributed by atoms with Gasteiger partial charge in [0, 0.05) is 37.8 Å². The second-order valence-corrected chi connectivity index (χ2v) is 6.83. The number of aromatic nitrogens is 2. The van der Waals surface area contributed by atoms with Crippen molar-refractivity contribution in [2.45, 2.75) is 32.2 Å². The molecule has 8 heteroatoms. The van der Waals surface area contributed by atoms with Crippen LogP contribution in [0.3, 0.4) is 0 Å². The van der Waals surface area contributed by atoms with E-state index < -0.39 is 0 Å². The highest BCUT2D eigenvalue weighted by Gasteiger charge is 2.34. The second-order valence-electron chi connectivity index (χ2n) is 6.83. The van der Waals surface area contributed by atoms with Crippen molar-refractivity contribution in [2.24, 2.45) is 13.0 Å². The molecule has 1 saturated heterocycles. The number of hydrogen-bond acceptors (Lipinski definition) is 4. The highest BCUT2D eigenvalue weighted by Crippen LogP contribution is 2.27. The monoisotopic (exact) mass is 343 g/mol. The third-order valence-corrected chi connectivity index (χ3v) is 3.64. The van der Waals surface area contributed by atoms with Crippen molar-refractivity contribution in [2.75, 3.05) is 19.6 Å². The molecule has 2 heterocycles. The van der Waals surface area contributed by atoms with Gasteiger partial charge in [-0.2, -0.15) is 5.10 Å². The van der Waals surface area contributed by atoms with Gasteiger partial charge >= 0.3 is 0 Å². The zero-order valence-corrected chi connectivity index (χ0v) is 14.9. The summed E-state index contributed by atoms with van der Waals surface area (Å²) in [4.78, 5) is 24.1. The van der Waals surface area contributed by atoms with E-state index in [4.69, 9.17) is 0 Å². The van der Waals surface area contributed by atoms with Gasteiger partial charge in [-0.3, -0.25) is 14.3 Å². The molecule has 0 unspecified atom stereocenters. The fourth-order valence-electron chi connectivity index (χ4n) is 2.70. The molecule has 0 saturated carbocycles. The normalized spacial score (nSPS) is 20.7. The molecule has 2 amide bonds. The van der Waals surface area contributed by atoms with Crippen molar-refractivity contribution in [3.8, 4) is 0 Å². The molecule has 1 aliphatic heterocycles. The van der Waals surface area contributed by atoms with Gasteiger partial charge in [-0.1, -0.05) is 0 Å². The van der Waals surface area contributed by atoms with E-state index in [1.54, 1.807) is 10.9 Å². The molecule has 0 aromatic carbocycles. The molecule has 1 aromatic heterocycles. The SMILES string of the molecule is Cl.Cn1cc([C@H]2CNC[C@@H]2C(=O)NCC(=O)NC(C)(C)C)cn1. The van der Waals surface area contributed by atoms with Crippen molar-refractivity contribution >= 4 is 24.2 Å². The van der Waals surface area contributed by atoms with Crippen LogP contribution < -0.4 is 16.0 Å². The number of amides is 2. The second kappa shape index (κ2) is 7.79. The number of hydrogen-bond donors (Lipinski definition) is 3. The summed E-state index contributed by atoms with van der Waals surface area (Å²) in [6.45, 7) is 7.10.